The number of ether oxygens (including phenoxy) is 1. The van der Waals surface area contributed by atoms with Crippen molar-refractivity contribution in [3.8, 4) is 0 Å². The van der Waals surface area contributed by atoms with Gasteiger partial charge in [-0.3, -0.25) is 9.59 Å². The van der Waals surface area contributed by atoms with Gasteiger partial charge in [-0.25, -0.2) is 0 Å². The molecule has 6 heteroatoms. The summed E-state index contributed by atoms with van der Waals surface area (Å²) < 4.78 is 5.19. The molecule has 0 aliphatic carbocycles. The fraction of sp³-hybridized carbons (Fsp3) is 0.846. The van der Waals surface area contributed by atoms with E-state index in [4.69, 9.17) is 4.74 Å². The van der Waals surface area contributed by atoms with Gasteiger partial charge in [0.25, 0.3) is 0 Å². The van der Waals surface area contributed by atoms with Gasteiger partial charge in [0.1, 0.15) is 0 Å². The first kappa shape index (κ1) is 15.9. The average molecular weight is 271 g/mol. The summed E-state index contributed by atoms with van der Waals surface area (Å²) in [5.74, 6) is 0.0327. The minimum Gasteiger partial charge on any atom is -0.382 e. The van der Waals surface area contributed by atoms with Crippen molar-refractivity contribution < 1.29 is 14.3 Å². The van der Waals surface area contributed by atoms with Gasteiger partial charge in [-0.1, -0.05) is 0 Å². The molecule has 1 heterocycles. The van der Waals surface area contributed by atoms with E-state index in [1.165, 1.54) is 4.90 Å². The van der Waals surface area contributed by atoms with Gasteiger partial charge in [-0.2, -0.15) is 0 Å². The Hall–Kier alpha value is -1.14. The Kier molecular flexibility index (Phi) is 7.43. The van der Waals surface area contributed by atoms with Crippen molar-refractivity contribution >= 4 is 11.8 Å². The summed E-state index contributed by atoms with van der Waals surface area (Å²) in [6.45, 7) is 6.49. The van der Waals surface area contributed by atoms with Gasteiger partial charge in [-0.05, 0) is 13.3 Å². The van der Waals surface area contributed by atoms with Crippen LogP contribution in [-0.2, 0) is 14.3 Å². The SMILES string of the molecule is CCOCCCC(=O)N(C)CC(=O)N1CCNCC1. The number of rotatable bonds is 7. The zero-order valence-electron chi connectivity index (χ0n) is 12.0. The third-order valence-corrected chi connectivity index (χ3v) is 3.15. The van der Waals surface area contributed by atoms with E-state index in [2.05, 4.69) is 5.32 Å². The van der Waals surface area contributed by atoms with Crippen molar-refractivity contribution in [1.82, 2.24) is 15.1 Å². The lowest BCUT2D eigenvalue weighted by molar-refractivity contribution is -0.139. The van der Waals surface area contributed by atoms with Crippen LogP contribution in [0.3, 0.4) is 0 Å². The lowest BCUT2D eigenvalue weighted by Crippen LogP contribution is -2.49. The summed E-state index contributed by atoms with van der Waals surface area (Å²) in [4.78, 5) is 27.1. The summed E-state index contributed by atoms with van der Waals surface area (Å²) in [7, 11) is 1.68. The fourth-order valence-electron chi connectivity index (χ4n) is 1.97. The lowest BCUT2D eigenvalue weighted by atomic mass is 10.3. The standard InChI is InChI=1S/C13H25N3O3/c1-3-19-10-4-5-12(17)15(2)11-13(18)16-8-6-14-7-9-16/h14H,3-11H2,1-2H3. The maximum Gasteiger partial charge on any atom is 0.242 e. The van der Waals surface area contributed by atoms with E-state index in [1.54, 1.807) is 11.9 Å². The van der Waals surface area contributed by atoms with Crippen LogP contribution in [0.2, 0.25) is 0 Å². The molecule has 0 saturated carbocycles. The van der Waals surface area contributed by atoms with Crippen LogP contribution in [-0.4, -0.2) is 74.6 Å². The molecule has 1 aliphatic heterocycles. The molecule has 2 amide bonds. The van der Waals surface area contributed by atoms with Gasteiger partial charge in [0, 0.05) is 52.9 Å². The summed E-state index contributed by atoms with van der Waals surface area (Å²) in [6.07, 6.45) is 1.14. The van der Waals surface area contributed by atoms with Gasteiger partial charge in [0.15, 0.2) is 0 Å². The number of nitrogens with one attached hydrogen (secondary N) is 1. The first-order valence-electron chi connectivity index (χ1n) is 6.95. The molecule has 1 fully saturated rings. The summed E-state index contributed by atoms with van der Waals surface area (Å²) >= 11 is 0. The molecular weight excluding hydrogens is 246 g/mol. The highest BCUT2D eigenvalue weighted by atomic mass is 16.5. The van der Waals surface area contributed by atoms with E-state index in [1.807, 2.05) is 6.92 Å². The summed E-state index contributed by atoms with van der Waals surface area (Å²) in [5.41, 5.74) is 0. The number of piperazine rings is 1. The third-order valence-electron chi connectivity index (χ3n) is 3.15. The van der Waals surface area contributed by atoms with Gasteiger partial charge in [0.05, 0.1) is 6.54 Å². The Labute approximate surface area is 115 Å². The summed E-state index contributed by atoms with van der Waals surface area (Å²) in [6, 6.07) is 0. The molecule has 0 unspecified atom stereocenters. The largest absolute Gasteiger partial charge is 0.382 e. The molecule has 1 saturated heterocycles. The minimum absolute atomic E-state index is 0.00295. The van der Waals surface area contributed by atoms with E-state index in [9.17, 15) is 9.59 Å². The number of hydrogen-bond donors (Lipinski definition) is 1. The van der Waals surface area contributed by atoms with Gasteiger partial charge in [0.2, 0.25) is 11.8 Å². The number of likely N-dealkylation sites (N-methyl/N-ethyl adjacent to an activating group) is 1. The van der Waals surface area contributed by atoms with Gasteiger partial charge >= 0.3 is 0 Å². The average Bonchev–Trinajstić information content (AvgIpc) is 2.44. The topological polar surface area (TPSA) is 61.9 Å². The maximum atomic E-state index is 12.0. The zero-order valence-corrected chi connectivity index (χ0v) is 12.0. The first-order valence-corrected chi connectivity index (χ1v) is 6.95. The third kappa shape index (κ3) is 6.02. The van der Waals surface area contributed by atoms with Crippen molar-refractivity contribution in [2.45, 2.75) is 19.8 Å². The van der Waals surface area contributed by atoms with Crippen LogP contribution >= 0.6 is 0 Å². The van der Waals surface area contributed by atoms with Gasteiger partial charge in [-0.15, -0.1) is 0 Å². The van der Waals surface area contributed by atoms with E-state index in [0.717, 1.165) is 26.2 Å². The van der Waals surface area contributed by atoms with Crippen molar-refractivity contribution in [3.05, 3.63) is 0 Å². The van der Waals surface area contributed by atoms with E-state index in [0.29, 0.717) is 26.1 Å². The van der Waals surface area contributed by atoms with Crippen LogP contribution in [0.25, 0.3) is 0 Å². The van der Waals surface area contributed by atoms with Crippen LogP contribution in [0, 0.1) is 0 Å². The van der Waals surface area contributed by atoms with Crippen LogP contribution in [0.1, 0.15) is 19.8 Å². The quantitative estimate of drug-likeness (QED) is 0.645. The Balaban J connectivity index is 2.22. The van der Waals surface area contributed by atoms with E-state index >= 15 is 0 Å². The van der Waals surface area contributed by atoms with Crippen LogP contribution < -0.4 is 5.32 Å². The monoisotopic (exact) mass is 271 g/mol. The minimum atomic E-state index is 0.00295. The van der Waals surface area contributed by atoms with Gasteiger partial charge < -0.3 is 19.9 Å². The number of carbonyl (C=O) groups is 2. The highest BCUT2D eigenvalue weighted by Gasteiger charge is 2.19. The lowest BCUT2D eigenvalue weighted by Gasteiger charge is -2.29. The number of carbonyl (C=O) groups excluding carboxylic acids is 2. The number of amides is 2. The van der Waals surface area contributed by atoms with E-state index < -0.39 is 0 Å². The molecule has 0 spiro atoms. The van der Waals surface area contributed by atoms with Crippen LogP contribution in [0.4, 0.5) is 0 Å². The predicted octanol–water partition coefficient (Wildman–Crippen LogP) is -0.307. The molecular formula is C13H25N3O3. The van der Waals surface area contributed by atoms with Crippen molar-refractivity contribution in [3.63, 3.8) is 0 Å². The molecule has 0 aromatic carbocycles. The van der Waals surface area contributed by atoms with Crippen molar-refractivity contribution in [2.75, 3.05) is 53.0 Å². The molecule has 0 bridgehead atoms. The number of hydrogen-bond acceptors (Lipinski definition) is 4. The number of nitrogens with zero attached hydrogens (tertiary/aromatic N) is 2. The maximum absolute atomic E-state index is 12.0. The molecule has 19 heavy (non-hydrogen) atoms. The highest BCUT2D eigenvalue weighted by molar-refractivity contribution is 5.84. The second-order valence-corrected chi connectivity index (χ2v) is 4.68. The Bertz CT molecular complexity index is 291. The molecule has 110 valence electrons. The zero-order chi connectivity index (χ0) is 14.1. The molecule has 1 N–H and O–H groups in total. The fourth-order valence-corrected chi connectivity index (χ4v) is 1.97. The Morgan fingerprint density at radius 1 is 1.32 bits per heavy atom. The Morgan fingerprint density at radius 3 is 2.63 bits per heavy atom. The second kappa shape index (κ2) is 8.87. The van der Waals surface area contributed by atoms with Crippen LogP contribution in [0.5, 0.6) is 0 Å². The van der Waals surface area contributed by atoms with Crippen molar-refractivity contribution in [1.29, 1.82) is 0 Å². The first-order chi connectivity index (χ1) is 9.15. The predicted molar refractivity (Wildman–Crippen MR) is 72.8 cm³/mol. The highest BCUT2D eigenvalue weighted by Crippen LogP contribution is 1.99. The Morgan fingerprint density at radius 2 is 2.00 bits per heavy atom. The molecule has 0 aromatic rings. The van der Waals surface area contributed by atoms with E-state index in [-0.39, 0.29) is 18.4 Å². The normalized spacial score (nSPS) is 15.4. The smallest absolute Gasteiger partial charge is 0.242 e. The molecule has 0 atom stereocenters. The molecule has 1 aliphatic rings. The molecule has 6 nitrogen and oxygen atoms in total. The van der Waals surface area contributed by atoms with Crippen LogP contribution in [0.15, 0.2) is 0 Å². The van der Waals surface area contributed by atoms with Crippen molar-refractivity contribution in [2.24, 2.45) is 0 Å². The molecule has 0 aromatic heterocycles. The molecule has 1 rings (SSSR count). The second-order valence-electron chi connectivity index (χ2n) is 4.68. The molecule has 0 radical (unpaired) electrons. The summed E-state index contributed by atoms with van der Waals surface area (Å²) in [5, 5.41) is 3.20.